The fourth-order valence-electron chi connectivity index (χ4n) is 4.05. The number of aryl methyl sites for hydroxylation is 1. The predicted octanol–water partition coefficient (Wildman–Crippen LogP) is 0.307. The Hall–Kier alpha value is -2.48. The van der Waals surface area contributed by atoms with Crippen LogP contribution in [0.5, 0.6) is 0 Å². The molecule has 2 aromatic heterocycles. The van der Waals surface area contributed by atoms with Crippen LogP contribution in [0.1, 0.15) is 42.0 Å². The zero-order valence-corrected chi connectivity index (χ0v) is 15.4. The van der Waals surface area contributed by atoms with Crippen LogP contribution in [0.15, 0.2) is 10.9 Å². The molecule has 0 aromatic carbocycles. The maximum atomic E-state index is 13.2. The van der Waals surface area contributed by atoms with Crippen LogP contribution in [0.4, 0.5) is 0 Å². The standard InChI is InChI=1S/C18H23N5O3/c1-4-12-7-15-22(8-11(2)24)16-14(17(25)23(15)19-12)10-21(18(16)26)13-5-6-20(3)9-13/h7,13H,4-6,8-10H2,1-3H3. The molecule has 2 aliphatic heterocycles. The summed E-state index contributed by atoms with van der Waals surface area (Å²) in [5.74, 6) is -0.218. The van der Waals surface area contributed by atoms with E-state index in [0.717, 1.165) is 25.2 Å². The van der Waals surface area contributed by atoms with Crippen molar-refractivity contribution in [2.75, 3.05) is 20.1 Å². The van der Waals surface area contributed by atoms with Crippen LogP contribution in [-0.2, 0) is 24.3 Å². The van der Waals surface area contributed by atoms with E-state index in [2.05, 4.69) is 10.00 Å². The summed E-state index contributed by atoms with van der Waals surface area (Å²) in [7, 11) is 2.03. The molecule has 1 fully saturated rings. The van der Waals surface area contributed by atoms with Crippen LogP contribution in [0, 0.1) is 0 Å². The maximum absolute atomic E-state index is 13.2. The highest BCUT2D eigenvalue weighted by Gasteiger charge is 2.39. The molecule has 1 unspecified atom stereocenters. The van der Waals surface area contributed by atoms with Gasteiger partial charge in [-0.15, -0.1) is 0 Å². The topological polar surface area (TPSA) is 79.9 Å². The number of likely N-dealkylation sites (tertiary alicyclic amines) is 1. The van der Waals surface area contributed by atoms with Crippen molar-refractivity contribution in [3.05, 3.63) is 33.4 Å². The van der Waals surface area contributed by atoms with E-state index in [9.17, 15) is 14.4 Å². The third-order valence-electron chi connectivity index (χ3n) is 5.37. The van der Waals surface area contributed by atoms with Gasteiger partial charge in [0, 0.05) is 18.7 Å². The number of fused-ring (bicyclic) bond motifs is 2. The van der Waals surface area contributed by atoms with Crippen LogP contribution in [-0.4, -0.2) is 61.9 Å². The quantitative estimate of drug-likeness (QED) is 0.787. The Morgan fingerprint density at radius 1 is 1.35 bits per heavy atom. The molecule has 0 N–H and O–H groups in total. The van der Waals surface area contributed by atoms with Gasteiger partial charge in [-0.05, 0) is 33.4 Å². The van der Waals surface area contributed by atoms with Gasteiger partial charge in [0.2, 0.25) is 0 Å². The van der Waals surface area contributed by atoms with Crippen molar-refractivity contribution in [3.8, 4) is 0 Å². The van der Waals surface area contributed by atoms with Crippen LogP contribution in [0.2, 0.25) is 0 Å². The van der Waals surface area contributed by atoms with Crippen LogP contribution in [0.3, 0.4) is 0 Å². The molecule has 1 saturated heterocycles. The van der Waals surface area contributed by atoms with Gasteiger partial charge in [0.25, 0.3) is 11.5 Å². The molecule has 4 heterocycles. The second-order valence-electron chi connectivity index (χ2n) is 7.32. The first kappa shape index (κ1) is 17.0. The Bertz CT molecular complexity index is 973. The van der Waals surface area contributed by atoms with E-state index < -0.39 is 0 Å². The van der Waals surface area contributed by atoms with Gasteiger partial charge >= 0.3 is 0 Å². The average Bonchev–Trinajstić information content (AvgIpc) is 3.28. The number of rotatable bonds is 4. The first-order chi connectivity index (χ1) is 12.4. The highest BCUT2D eigenvalue weighted by atomic mass is 16.2. The summed E-state index contributed by atoms with van der Waals surface area (Å²) in [6, 6.07) is 1.90. The Balaban J connectivity index is 1.89. The van der Waals surface area contributed by atoms with Gasteiger partial charge in [-0.25, -0.2) is 0 Å². The summed E-state index contributed by atoms with van der Waals surface area (Å²) in [5.41, 5.74) is 1.83. The minimum Gasteiger partial charge on any atom is -0.328 e. The van der Waals surface area contributed by atoms with E-state index in [0.29, 0.717) is 29.9 Å². The fourth-order valence-corrected chi connectivity index (χ4v) is 4.05. The summed E-state index contributed by atoms with van der Waals surface area (Å²) < 4.78 is 3.02. The molecule has 8 nitrogen and oxygen atoms in total. The summed E-state index contributed by atoms with van der Waals surface area (Å²) >= 11 is 0. The van der Waals surface area contributed by atoms with Crippen LogP contribution >= 0.6 is 0 Å². The molecule has 0 bridgehead atoms. The average molecular weight is 357 g/mol. The van der Waals surface area contributed by atoms with Gasteiger partial charge in [-0.1, -0.05) is 6.92 Å². The molecule has 1 amide bonds. The Labute approximate surface area is 151 Å². The number of hydrogen-bond acceptors (Lipinski definition) is 5. The molecule has 26 heavy (non-hydrogen) atoms. The van der Waals surface area contributed by atoms with Crippen molar-refractivity contribution in [1.29, 1.82) is 0 Å². The zero-order chi connectivity index (χ0) is 18.6. The Morgan fingerprint density at radius 3 is 2.73 bits per heavy atom. The Kier molecular flexibility index (Phi) is 3.95. The minimum atomic E-state index is -0.253. The summed E-state index contributed by atoms with van der Waals surface area (Å²) in [6.07, 6.45) is 1.58. The number of Topliss-reactive ketones (excluding diaryl/α,β-unsaturated/α-hetero) is 1. The van der Waals surface area contributed by atoms with E-state index in [-0.39, 0.29) is 29.8 Å². The lowest BCUT2D eigenvalue weighted by atomic mass is 10.2. The summed E-state index contributed by atoms with van der Waals surface area (Å²) in [6.45, 7) is 5.54. The van der Waals surface area contributed by atoms with Crippen molar-refractivity contribution in [1.82, 2.24) is 24.0 Å². The molecule has 0 spiro atoms. The minimum absolute atomic E-state index is 0.0606. The second kappa shape index (κ2) is 6.05. The first-order valence-corrected chi connectivity index (χ1v) is 9.04. The number of carbonyl (C=O) groups is 2. The second-order valence-corrected chi connectivity index (χ2v) is 7.32. The lowest BCUT2D eigenvalue weighted by Gasteiger charge is -2.23. The molecule has 1 atom stereocenters. The SMILES string of the molecule is CCc1cc2n(CC(C)=O)c3c(c(=O)n2n1)CN(C1CCN(C)C1)C3=O. The molecule has 0 aliphatic carbocycles. The number of carbonyl (C=O) groups excluding carboxylic acids is 2. The molecule has 0 saturated carbocycles. The summed E-state index contributed by atoms with van der Waals surface area (Å²) in [4.78, 5) is 42.0. The molecular weight excluding hydrogens is 334 g/mol. The van der Waals surface area contributed by atoms with Crippen molar-refractivity contribution in [2.24, 2.45) is 0 Å². The number of nitrogens with zero attached hydrogens (tertiary/aromatic N) is 5. The van der Waals surface area contributed by atoms with Gasteiger partial charge in [-0.2, -0.15) is 9.61 Å². The number of ketones is 1. The lowest BCUT2D eigenvalue weighted by molar-refractivity contribution is -0.117. The number of likely N-dealkylation sites (N-methyl/N-ethyl adjacent to an activating group) is 1. The zero-order valence-electron chi connectivity index (χ0n) is 15.4. The van der Waals surface area contributed by atoms with Gasteiger partial charge in [0.05, 0.1) is 24.3 Å². The van der Waals surface area contributed by atoms with E-state index in [1.807, 2.05) is 14.0 Å². The number of amides is 1. The number of hydrogen-bond donors (Lipinski definition) is 0. The Morgan fingerprint density at radius 2 is 2.12 bits per heavy atom. The largest absolute Gasteiger partial charge is 0.328 e. The third kappa shape index (κ3) is 2.47. The molecule has 2 aliphatic rings. The van der Waals surface area contributed by atoms with E-state index in [4.69, 9.17) is 0 Å². The number of aromatic nitrogens is 3. The smallest absolute Gasteiger partial charge is 0.280 e. The highest BCUT2D eigenvalue weighted by molar-refractivity contribution is 5.98. The van der Waals surface area contributed by atoms with Crippen LogP contribution < -0.4 is 5.56 Å². The van der Waals surface area contributed by atoms with E-state index in [1.54, 1.807) is 15.5 Å². The predicted molar refractivity (Wildman–Crippen MR) is 95.3 cm³/mol. The van der Waals surface area contributed by atoms with E-state index in [1.165, 1.54) is 11.4 Å². The molecule has 2 aromatic rings. The fraction of sp³-hybridized carbons (Fsp3) is 0.556. The van der Waals surface area contributed by atoms with Crippen molar-refractivity contribution in [3.63, 3.8) is 0 Å². The molecular formula is C18H23N5O3. The lowest BCUT2D eigenvalue weighted by Crippen LogP contribution is -2.37. The van der Waals surface area contributed by atoms with Gasteiger partial charge in [0.15, 0.2) is 0 Å². The molecule has 0 radical (unpaired) electrons. The normalized spacial score (nSPS) is 20.3. The van der Waals surface area contributed by atoms with Gasteiger partial charge in [0.1, 0.15) is 17.1 Å². The van der Waals surface area contributed by atoms with E-state index >= 15 is 0 Å². The van der Waals surface area contributed by atoms with Gasteiger partial charge in [-0.3, -0.25) is 14.4 Å². The highest BCUT2D eigenvalue weighted by Crippen LogP contribution is 2.27. The maximum Gasteiger partial charge on any atom is 0.280 e. The van der Waals surface area contributed by atoms with Crippen molar-refractivity contribution >= 4 is 17.3 Å². The van der Waals surface area contributed by atoms with Crippen molar-refractivity contribution < 1.29 is 9.59 Å². The molecule has 138 valence electrons. The van der Waals surface area contributed by atoms with Crippen LogP contribution in [0.25, 0.3) is 5.65 Å². The third-order valence-corrected chi connectivity index (χ3v) is 5.37. The summed E-state index contributed by atoms with van der Waals surface area (Å²) in [5, 5.41) is 4.37. The monoisotopic (exact) mass is 357 g/mol. The van der Waals surface area contributed by atoms with Crippen molar-refractivity contribution in [2.45, 2.75) is 45.8 Å². The molecule has 8 heteroatoms. The first-order valence-electron chi connectivity index (χ1n) is 9.04. The van der Waals surface area contributed by atoms with Gasteiger partial charge < -0.3 is 14.4 Å². The molecule has 4 rings (SSSR count).